The number of carbonyl (C=O) groups excluding carboxylic acids is 2. The Labute approximate surface area is 189 Å². The van der Waals surface area contributed by atoms with Crippen molar-refractivity contribution in [3.05, 3.63) is 29.8 Å². The van der Waals surface area contributed by atoms with E-state index in [1.807, 2.05) is 44.4 Å². The van der Waals surface area contributed by atoms with E-state index in [9.17, 15) is 9.59 Å². The number of nitrogens with two attached hydrogens (primary N) is 1. The molecule has 0 aliphatic heterocycles. The molecule has 0 aromatic heterocycles. The number of ketones is 1. The van der Waals surface area contributed by atoms with Crippen LogP contribution in [0.4, 0.5) is 0 Å². The molecule has 0 saturated heterocycles. The lowest BCUT2D eigenvalue weighted by atomic mass is 9.96. The van der Waals surface area contributed by atoms with Crippen molar-refractivity contribution < 1.29 is 23.8 Å². The van der Waals surface area contributed by atoms with Gasteiger partial charge in [-0.05, 0) is 30.4 Å². The van der Waals surface area contributed by atoms with E-state index in [1.54, 1.807) is 11.8 Å². The predicted molar refractivity (Wildman–Crippen MR) is 124 cm³/mol. The van der Waals surface area contributed by atoms with Crippen LogP contribution in [0.15, 0.2) is 24.3 Å². The van der Waals surface area contributed by atoms with E-state index < -0.39 is 0 Å². The van der Waals surface area contributed by atoms with E-state index in [0.717, 1.165) is 11.4 Å². The molecule has 0 saturated carbocycles. The van der Waals surface area contributed by atoms with Crippen LogP contribution in [0.5, 0.6) is 5.75 Å². The van der Waals surface area contributed by atoms with Crippen LogP contribution in [0.25, 0.3) is 0 Å². The van der Waals surface area contributed by atoms with Crippen LogP contribution in [0, 0.1) is 5.92 Å². The maximum atomic E-state index is 12.4. The Morgan fingerprint density at radius 3 is 2.35 bits per heavy atom. The van der Waals surface area contributed by atoms with Crippen LogP contribution in [0.3, 0.4) is 0 Å². The monoisotopic (exact) mass is 455 g/mol. The van der Waals surface area contributed by atoms with Gasteiger partial charge in [0.1, 0.15) is 5.75 Å². The highest BCUT2D eigenvalue weighted by molar-refractivity contribution is 7.98. The Kier molecular flexibility index (Phi) is 15.0. The van der Waals surface area contributed by atoms with Crippen molar-refractivity contribution in [2.75, 3.05) is 58.3 Å². The summed E-state index contributed by atoms with van der Waals surface area (Å²) in [6.07, 6.45) is 2.62. The molecule has 0 fully saturated rings. The highest BCUT2D eigenvalue weighted by atomic mass is 32.2. The molecule has 1 atom stereocenters. The number of benzene rings is 1. The van der Waals surface area contributed by atoms with Crippen molar-refractivity contribution >= 4 is 23.5 Å². The predicted octanol–water partition coefficient (Wildman–Crippen LogP) is 1.22. The molecule has 0 heterocycles. The number of hydrogen-bond acceptors (Lipinski definition) is 8. The smallest absolute Gasteiger partial charge is 0.258 e. The number of nitrogens with one attached hydrogen (secondary N) is 2. The zero-order valence-corrected chi connectivity index (χ0v) is 19.7. The summed E-state index contributed by atoms with van der Waals surface area (Å²) in [5.74, 6) is 1.31. The van der Waals surface area contributed by atoms with Crippen LogP contribution in [-0.2, 0) is 25.5 Å². The Morgan fingerprint density at radius 2 is 1.74 bits per heavy atom. The van der Waals surface area contributed by atoms with E-state index in [1.165, 1.54) is 0 Å². The lowest BCUT2D eigenvalue weighted by Gasteiger charge is -2.19. The lowest BCUT2D eigenvalue weighted by Crippen LogP contribution is -2.40. The van der Waals surface area contributed by atoms with Gasteiger partial charge in [-0.3, -0.25) is 14.9 Å². The first-order valence-electron chi connectivity index (χ1n) is 10.6. The van der Waals surface area contributed by atoms with Crippen LogP contribution in [0.1, 0.15) is 19.4 Å². The molecule has 0 bridgehead atoms. The highest BCUT2D eigenvalue weighted by Gasteiger charge is 2.20. The largest absolute Gasteiger partial charge is 0.484 e. The number of amides is 1. The number of thioether (sulfide) groups is 1. The van der Waals surface area contributed by atoms with Crippen molar-refractivity contribution in [2.24, 2.45) is 11.7 Å². The van der Waals surface area contributed by atoms with Gasteiger partial charge in [-0.25, -0.2) is 0 Å². The normalized spacial score (nSPS) is 12.0. The highest BCUT2D eigenvalue weighted by Crippen LogP contribution is 2.15. The average Bonchev–Trinajstić information content (AvgIpc) is 2.77. The van der Waals surface area contributed by atoms with Crippen LogP contribution < -0.4 is 21.1 Å². The van der Waals surface area contributed by atoms with Crippen LogP contribution in [-0.4, -0.2) is 76.0 Å². The molecular weight excluding hydrogens is 418 g/mol. The van der Waals surface area contributed by atoms with Crippen molar-refractivity contribution in [1.29, 1.82) is 0 Å². The zero-order chi connectivity index (χ0) is 22.9. The first-order valence-corrected chi connectivity index (χ1v) is 12.0. The maximum absolute atomic E-state index is 12.4. The molecular formula is C22H37N3O5S. The van der Waals surface area contributed by atoms with Gasteiger partial charge < -0.3 is 25.3 Å². The van der Waals surface area contributed by atoms with Gasteiger partial charge in [0.2, 0.25) is 0 Å². The summed E-state index contributed by atoms with van der Waals surface area (Å²) < 4.78 is 16.1. The summed E-state index contributed by atoms with van der Waals surface area (Å²) >= 11 is 1.65. The molecule has 31 heavy (non-hydrogen) atoms. The molecule has 0 aliphatic rings. The third-order valence-electron chi connectivity index (χ3n) is 4.32. The number of Topliss-reactive ketones (excluding diaryl/α,β-unsaturated/α-hetero) is 1. The van der Waals surface area contributed by atoms with E-state index in [0.29, 0.717) is 51.7 Å². The average molecular weight is 456 g/mol. The number of hydrogen-bond donors (Lipinski definition) is 3. The molecule has 1 unspecified atom stereocenters. The van der Waals surface area contributed by atoms with Gasteiger partial charge >= 0.3 is 0 Å². The summed E-state index contributed by atoms with van der Waals surface area (Å²) in [5.41, 5.74) is 6.36. The zero-order valence-electron chi connectivity index (χ0n) is 18.9. The van der Waals surface area contributed by atoms with Crippen molar-refractivity contribution in [3.8, 4) is 5.75 Å². The van der Waals surface area contributed by atoms with E-state index in [4.69, 9.17) is 19.9 Å². The topological polar surface area (TPSA) is 112 Å². The van der Waals surface area contributed by atoms with Crippen LogP contribution >= 0.6 is 11.8 Å². The first kappa shape index (κ1) is 27.4. The summed E-state index contributed by atoms with van der Waals surface area (Å²) in [7, 11) is 0. The third-order valence-corrected chi connectivity index (χ3v) is 4.78. The molecule has 8 nitrogen and oxygen atoms in total. The Bertz CT molecular complexity index is 628. The minimum absolute atomic E-state index is 0.0182. The minimum Gasteiger partial charge on any atom is -0.484 e. The SMILES string of the molecule is CSCNC(Cc1ccc(OCC(=O)NCCOCCOCCN)cc1)C(=O)C(C)C. The second-order valence-electron chi connectivity index (χ2n) is 7.25. The van der Waals surface area contributed by atoms with Crippen molar-refractivity contribution in [3.63, 3.8) is 0 Å². The summed E-state index contributed by atoms with van der Waals surface area (Å²) in [6, 6.07) is 7.28. The Hall–Kier alpha value is -1.65. The fraction of sp³-hybridized carbons (Fsp3) is 0.636. The van der Waals surface area contributed by atoms with Gasteiger partial charge in [0.05, 0.1) is 32.5 Å². The fourth-order valence-corrected chi connectivity index (χ4v) is 3.05. The van der Waals surface area contributed by atoms with Gasteiger partial charge in [-0.2, -0.15) is 0 Å². The summed E-state index contributed by atoms with van der Waals surface area (Å²) in [5, 5.41) is 6.04. The van der Waals surface area contributed by atoms with Crippen molar-refractivity contribution in [2.45, 2.75) is 26.3 Å². The Morgan fingerprint density at radius 1 is 1.06 bits per heavy atom. The van der Waals surface area contributed by atoms with Crippen molar-refractivity contribution in [1.82, 2.24) is 10.6 Å². The second kappa shape index (κ2) is 17.0. The number of ether oxygens (including phenoxy) is 3. The molecule has 9 heteroatoms. The maximum Gasteiger partial charge on any atom is 0.258 e. The molecule has 176 valence electrons. The van der Waals surface area contributed by atoms with Gasteiger partial charge in [-0.1, -0.05) is 26.0 Å². The van der Waals surface area contributed by atoms with E-state index in [-0.39, 0.29) is 30.3 Å². The third kappa shape index (κ3) is 12.7. The quantitative estimate of drug-likeness (QED) is 0.224. The van der Waals surface area contributed by atoms with E-state index in [2.05, 4.69) is 10.6 Å². The van der Waals surface area contributed by atoms with E-state index >= 15 is 0 Å². The van der Waals surface area contributed by atoms with Gasteiger partial charge in [0.25, 0.3) is 5.91 Å². The van der Waals surface area contributed by atoms with Gasteiger partial charge in [0.15, 0.2) is 12.4 Å². The second-order valence-corrected chi connectivity index (χ2v) is 8.11. The molecule has 1 aromatic rings. The van der Waals surface area contributed by atoms with Crippen LogP contribution in [0.2, 0.25) is 0 Å². The summed E-state index contributed by atoms with van der Waals surface area (Å²) in [4.78, 5) is 24.3. The molecule has 4 N–H and O–H groups in total. The fourth-order valence-electron chi connectivity index (χ4n) is 2.68. The molecule has 0 aliphatic carbocycles. The summed E-state index contributed by atoms with van der Waals surface area (Å²) in [6.45, 7) is 6.56. The molecule has 1 aromatic carbocycles. The Balaban J connectivity index is 2.31. The lowest BCUT2D eigenvalue weighted by molar-refractivity contribution is -0.124. The van der Waals surface area contributed by atoms with Gasteiger partial charge in [-0.15, -0.1) is 11.8 Å². The number of carbonyl (C=O) groups is 2. The molecule has 0 radical (unpaired) electrons. The minimum atomic E-state index is -0.212. The molecule has 0 spiro atoms. The first-order chi connectivity index (χ1) is 15.0. The van der Waals surface area contributed by atoms with Gasteiger partial charge in [0, 0.05) is 24.9 Å². The molecule has 1 amide bonds. The number of rotatable bonds is 18. The molecule has 1 rings (SSSR count). The standard InChI is InChI=1S/C22H37N3O5S/c1-17(2)22(27)20(25-16-31-3)14-18-4-6-19(7-5-18)30-15-21(26)24-9-11-29-13-12-28-10-8-23/h4-7,17,20,25H,8-16,23H2,1-3H3,(H,24,26).